The third kappa shape index (κ3) is 8.41. The topological polar surface area (TPSA) is 107 Å². The van der Waals surface area contributed by atoms with E-state index in [4.69, 9.17) is 4.74 Å². The molecule has 4 rings (SSSR count). The molecule has 1 aromatic carbocycles. The highest BCUT2D eigenvalue weighted by Gasteiger charge is 2.60. The highest BCUT2D eigenvalue weighted by molar-refractivity contribution is 7.91. The molecule has 2 N–H and O–H groups in total. The first-order chi connectivity index (χ1) is 20.9. The van der Waals surface area contributed by atoms with E-state index < -0.39 is 63.4 Å². The molecule has 0 radical (unpaired) electrons. The standard InChI is InChI=1S/C30H35F6N3O5S/c1-19(2)17-39-14-12-20(18-39)24-16-28(30(34,35)36,37-26(40)25(24)27(41)38-45(42,43)23-10-11-23)21-6-8-22(9-7-21)44-15-5-3-4-13-29(31,32)33/h6-9,12,14,18-19,23H,3-5,10-11,13,15-17H2,1-2H3,(H,37,40)(H,38,41)/t28-/m0/s1. The van der Waals surface area contributed by atoms with Gasteiger partial charge in [-0.25, -0.2) is 13.1 Å². The van der Waals surface area contributed by atoms with Gasteiger partial charge < -0.3 is 14.6 Å². The van der Waals surface area contributed by atoms with Gasteiger partial charge in [-0.3, -0.25) is 9.59 Å². The number of carbonyl (C=O) groups excluding carboxylic acids is 2. The number of hydrogen-bond donors (Lipinski definition) is 2. The Morgan fingerprint density at radius 2 is 1.73 bits per heavy atom. The predicted molar refractivity (Wildman–Crippen MR) is 153 cm³/mol. The lowest BCUT2D eigenvalue weighted by atomic mass is 9.76. The van der Waals surface area contributed by atoms with Crippen LogP contribution in [0, 0.1) is 5.92 Å². The number of sulfonamides is 1. The van der Waals surface area contributed by atoms with Gasteiger partial charge in [0.2, 0.25) is 10.0 Å². The van der Waals surface area contributed by atoms with Crippen LogP contribution in [0.25, 0.3) is 5.57 Å². The van der Waals surface area contributed by atoms with Crippen LogP contribution in [0.15, 0.2) is 48.3 Å². The number of aromatic nitrogens is 1. The van der Waals surface area contributed by atoms with E-state index in [1.165, 1.54) is 24.4 Å². The number of rotatable bonds is 13. The number of unbranched alkanes of at least 4 members (excludes halogenated alkanes) is 2. The summed E-state index contributed by atoms with van der Waals surface area (Å²) in [5.74, 6) is -2.33. The van der Waals surface area contributed by atoms with Gasteiger partial charge in [-0.2, -0.15) is 26.3 Å². The fourth-order valence-electron chi connectivity index (χ4n) is 5.21. The van der Waals surface area contributed by atoms with E-state index in [-0.39, 0.29) is 47.8 Å². The van der Waals surface area contributed by atoms with E-state index >= 15 is 0 Å². The van der Waals surface area contributed by atoms with Crippen molar-refractivity contribution < 1.29 is 49.1 Å². The van der Waals surface area contributed by atoms with Gasteiger partial charge in [0.1, 0.15) is 11.3 Å². The maximum atomic E-state index is 15.0. The zero-order valence-corrected chi connectivity index (χ0v) is 25.5. The summed E-state index contributed by atoms with van der Waals surface area (Å²) in [5, 5.41) is 1.16. The third-order valence-corrected chi connectivity index (χ3v) is 9.42. The summed E-state index contributed by atoms with van der Waals surface area (Å²) in [6.07, 6.45) is -6.84. The summed E-state index contributed by atoms with van der Waals surface area (Å²) in [5.41, 5.74) is -4.15. The van der Waals surface area contributed by atoms with Crippen molar-refractivity contribution >= 4 is 27.4 Å². The van der Waals surface area contributed by atoms with Crippen LogP contribution in [0.4, 0.5) is 26.3 Å². The van der Waals surface area contributed by atoms with E-state index in [9.17, 15) is 44.3 Å². The highest BCUT2D eigenvalue weighted by Crippen LogP contribution is 2.49. The predicted octanol–water partition coefficient (Wildman–Crippen LogP) is 5.99. The highest BCUT2D eigenvalue weighted by atomic mass is 32.2. The van der Waals surface area contributed by atoms with Crippen molar-refractivity contribution in [1.29, 1.82) is 0 Å². The first-order valence-electron chi connectivity index (χ1n) is 14.6. The van der Waals surface area contributed by atoms with Crippen LogP contribution in [0.2, 0.25) is 0 Å². The molecule has 2 heterocycles. The van der Waals surface area contributed by atoms with Crippen molar-refractivity contribution in [2.24, 2.45) is 5.92 Å². The second-order valence-electron chi connectivity index (χ2n) is 11.9. The Labute approximate surface area is 257 Å². The number of nitrogens with one attached hydrogen (secondary N) is 2. The average molecular weight is 664 g/mol. The van der Waals surface area contributed by atoms with Crippen LogP contribution in [-0.4, -0.2) is 49.0 Å². The largest absolute Gasteiger partial charge is 0.494 e. The second-order valence-corrected chi connectivity index (χ2v) is 13.8. The Balaban J connectivity index is 1.64. The number of alkyl halides is 6. The molecule has 8 nitrogen and oxygen atoms in total. The molecule has 1 saturated carbocycles. The van der Waals surface area contributed by atoms with Gasteiger partial charge in [-0.15, -0.1) is 0 Å². The van der Waals surface area contributed by atoms with Crippen molar-refractivity contribution in [2.75, 3.05) is 6.61 Å². The molecule has 0 spiro atoms. The molecule has 0 saturated heterocycles. The van der Waals surface area contributed by atoms with Gasteiger partial charge in [-0.05, 0) is 72.9 Å². The first kappa shape index (κ1) is 34.4. The van der Waals surface area contributed by atoms with Gasteiger partial charge in [-0.1, -0.05) is 26.0 Å². The molecule has 2 aromatic rings. The minimum atomic E-state index is -5.06. The summed E-state index contributed by atoms with van der Waals surface area (Å²) in [4.78, 5) is 26.7. The molecule has 1 fully saturated rings. The quantitative estimate of drug-likeness (QED) is 0.156. The Morgan fingerprint density at radius 3 is 2.31 bits per heavy atom. The minimum absolute atomic E-state index is 0.0564. The fourth-order valence-corrected chi connectivity index (χ4v) is 6.50. The lowest BCUT2D eigenvalue weighted by Gasteiger charge is -2.41. The van der Waals surface area contributed by atoms with Crippen molar-refractivity contribution in [3.63, 3.8) is 0 Å². The van der Waals surface area contributed by atoms with Crippen LogP contribution in [0.3, 0.4) is 0 Å². The van der Waals surface area contributed by atoms with Gasteiger partial charge in [0.15, 0.2) is 5.54 Å². The number of halogens is 6. The number of ether oxygens (including phenoxy) is 1. The maximum Gasteiger partial charge on any atom is 0.416 e. The summed E-state index contributed by atoms with van der Waals surface area (Å²) in [6.45, 7) is 4.43. The molecule has 2 amide bonds. The number of amides is 2. The summed E-state index contributed by atoms with van der Waals surface area (Å²) in [7, 11) is -4.11. The molecular formula is C30H35F6N3O5S. The van der Waals surface area contributed by atoms with E-state index in [2.05, 4.69) is 0 Å². The SMILES string of the molecule is CC(C)Cn1ccc(C2=C(C(=O)NS(=O)(=O)C3CC3)C(=O)N[C@@](c3ccc(OCCCCCC(F)(F)F)cc3)(C(F)(F)F)C2)c1. The van der Waals surface area contributed by atoms with Gasteiger partial charge in [0.05, 0.1) is 11.9 Å². The fraction of sp³-hybridized carbons (Fsp3) is 0.533. The lowest BCUT2D eigenvalue weighted by Crippen LogP contribution is -2.59. The number of benzene rings is 1. The Kier molecular flexibility index (Phi) is 10.0. The summed E-state index contributed by atoms with van der Waals surface area (Å²) >= 11 is 0. The van der Waals surface area contributed by atoms with Gasteiger partial charge in [0, 0.05) is 31.8 Å². The molecule has 1 atom stereocenters. The second kappa shape index (κ2) is 13.1. The van der Waals surface area contributed by atoms with Crippen molar-refractivity contribution in [1.82, 2.24) is 14.6 Å². The Bertz CT molecular complexity index is 1530. The van der Waals surface area contributed by atoms with E-state index in [1.807, 2.05) is 23.9 Å². The average Bonchev–Trinajstić information content (AvgIpc) is 3.69. The van der Waals surface area contributed by atoms with Crippen molar-refractivity contribution in [3.8, 4) is 5.75 Å². The molecule has 1 aliphatic heterocycles. The molecule has 248 valence electrons. The van der Waals surface area contributed by atoms with E-state index in [0.29, 0.717) is 25.8 Å². The normalized spacial score (nSPS) is 19.5. The zero-order chi connectivity index (χ0) is 33.2. The monoisotopic (exact) mass is 663 g/mol. The zero-order valence-electron chi connectivity index (χ0n) is 24.7. The van der Waals surface area contributed by atoms with Crippen molar-refractivity contribution in [3.05, 3.63) is 59.4 Å². The smallest absolute Gasteiger partial charge is 0.416 e. The Hall–Kier alpha value is -3.49. The van der Waals surface area contributed by atoms with E-state index in [1.54, 1.807) is 10.8 Å². The van der Waals surface area contributed by atoms with Crippen molar-refractivity contribution in [2.45, 2.75) is 88.5 Å². The maximum absolute atomic E-state index is 15.0. The van der Waals surface area contributed by atoms with Gasteiger partial charge in [0.25, 0.3) is 11.8 Å². The van der Waals surface area contributed by atoms with E-state index in [0.717, 1.165) is 12.1 Å². The van der Waals surface area contributed by atoms with Crippen LogP contribution < -0.4 is 14.8 Å². The molecule has 15 heteroatoms. The number of nitrogens with zero attached hydrogens (tertiary/aromatic N) is 1. The molecular weight excluding hydrogens is 628 g/mol. The van der Waals surface area contributed by atoms with Crippen LogP contribution >= 0.6 is 0 Å². The summed E-state index contributed by atoms with van der Waals surface area (Å²) < 4.78 is 116. The molecule has 1 aromatic heterocycles. The summed E-state index contributed by atoms with van der Waals surface area (Å²) in [6, 6.07) is 6.24. The molecule has 0 bridgehead atoms. The lowest BCUT2D eigenvalue weighted by molar-refractivity contribution is -0.201. The molecule has 45 heavy (non-hydrogen) atoms. The third-order valence-electron chi connectivity index (χ3n) is 7.60. The van der Waals surface area contributed by atoms with Crippen LogP contribution in [0.5, 0.6) is 5.75 Å². The minimum Gasteiger partial charge on any atom is -0.494 e. The number of carbonyl (C=O) groups is 2. The molecule has 1 aliphatic carbocycles. The molecule has 0 unspecified atom stereocenters. The van der Waals surface area contributed by atoms with Crippen LogP contribution in [0.1, 0.15) is 69.9 Å². The first-order valence-corrected chi connectivity index (χ1v) is 16.1. The number of hydrogen-bond acceptors (Lipinski definition) is 5. The van der Waals surface area contributed by atoms with Gasteiger partial charge >= 0.3 is 12.4 Å². The Morgan fingerprint density at radius 1 is 1.07 bits per heavy atom. The van der Waals surface area contributed by atoms with Crippen LogP contribution in [-0.2, 0) is 31.7 Å². The molecule has 2 aliphatic rings.